The number of likely N-dealkylation sites (tertiary alicyclic amines) is 1. The standard InChI is InChI=1S/C22H28N4OS/c1-26-11-7-16(8-12-26)9-13-27-20-6-10-23-22-21(20)19(15-24-22)18-4-2-17(3-5-18)14-25-28/h2-6,10,15-16,25,28H,7-9,11-14H2,1H3,(H,23,24). The summed E-state index contributed by atoms with van der Waals surface area (Å²) in [5.41, 5.74) is 4.35. The highest BCUT2D eigenvalue weighted by molar-refractivity contribution is 7.78. The average Bonchev–Trinajstić information content (AvgIpc) is 3.15. The van der Waals surface area contributed by atoms with Gasteiger partial charge in [0.15, 0.2) is 0 Å². The van der Waals surface area contributed by atoms with Gasteiger partial charge >= 0.3 is 0 Å². The van der Waals surface area contributed by atoms with Crippen molar-refractivity contribution in [2.24, 2.45) is 5.92 Å². The van der Waals surface area contributed by atoms with Crippen molar-refractivity contribution < 1.29 is 4.74 Å². The summed E-state index contributed by atoms with van der Waals surface area (Å²) in [5.74, 6) is 1.68. The molecule has 3 heterocycles. The number of aromatic nitrogens is 2. The van der Waals surface area contributed by atoms with E-state index in [-0.39, 0.29) is 0 Å². The first kappa shape index (κ1) is 19.3. The normalized spacial score (nSPS) is 15.9. The van der Waals surface area contributed by atoms with Crippen molar-refractivity contribution in [1.82, 2.24) is 19.6 Å². The Hall–Kier alpha value is -2.02. The fourth-order valence-corrected chi connectivity index (χ4v) is 4.14. The minimum atomic E-state index is 0.740. The highest BCUT2D eigenvalue weighted by atomic mass is 32.1. The molecule has 0 radical (unpaired) electrons. The number of H-pyrrole nitrogens is 1. The summed E-state index contributed by atoms with van der Waals surface area (Å²) in [6, 6.07) is 10.5. The summed E-state index contributed by atoms with van der Waals surface area (Å²) in [5, 5.41) is 1.06. The lowest BCUT2D eigenvalue weighted by atomic mass is 9.94. The van der Waals surface area contributed by atoms with Gasteiger partial charge in [-0.25, -0.2) is 4.98 Å². The van der Waals surface area contributed by atoms with Crippen LogP contribution in [0.15, 0.2) is 42.7 Å². The van der Waals surface area contributed by atoms with Gasteiger partial charge < -0.3 is 14.6 Å². The van der Waals surface area contributed by atoms with E-state index in [4.69, 9.17) is 4.74 Å². The maximum atomic E-state index is 6.24. The quantitative estimate of drug-likeness (QED) is 0.522. The molecule has 2 N–H and O–H groups in total. The van der Waals surface area contributed by atoms with E-state index in [9.17, 15) is 0 Å². The highest BCUT2D eigenvalue weighted by Gasteiger charge is 2.17. The Morgan fingerprint density at radius 3 is 2.75 bits per heavy atom. The van der Waals surface area contributed by atoms with Crippen LogP contribution in [0.1, 0.15) is 24.8 Å². The number of aromatic amines is 1. The molecule has 0 saturated carbocycles. The molecule has 1 aliphatic heterocycles. The third-order valence-corrected chi connectivity index (χ3v) is 5.86. The Morgan fingerprint density at radius 1 is 1.21 bits per heavy atom. The van der Waals surface area contributed by atoms with Gasteiger partial charge in [-0.2, -0.15) is 0 Å². The van der Waals surface area contributed by atoms with Crippen LogP contribution in [0.25, 0.3) is 22.2 Å². The van der Waals surface area contributed by atoms with Crippen molar-refractivity contribution >= 4 is 23.8 Å². The van der Waals surface area contributed by atoms with E-state index in [2.05, 4.69) is 63.7 Å². The lowest BCUT2D eigenvalue weighted by molar-refractivity contribution is 0.188. The monoisotopic (exact) mass is 396 g/mol. The van der Waals surface area contributed by atoms with Gasteiger partial charge in [0, 0.05) is 24.5 Å². The lowest BCUT2D eigenvalue weighted by Crippen LogP contribution is -2.30. The molecule has 0 atom stereocenters. The van der Waals surface area contributed by atoms with Crippen LogP contribution in [0, 0.1) is 5.92 Å². The Morgan fingerprint density at radius 2 is 2.00 bits per heavy atom. The van der Waals surface area contributed by atoms with E-state index in [1.54, 1.807) is 0 Å². The summed E-state index contributed by atoms with van der Waals surface area (Å²) in [7, 11) is 2.20. The number of piperidine rings is 1. The second-order valence-corrected chi connectivity index (χ2v) is 7.97. The van der Waals surface area contributed by atoms with Crippen LogP contribution in [-0.2, 0) is 6.54 Å². The van der Waals surface area contributed by atoms with Crippen LogP contribution in [-0.4, -0.2) is 41.6 Å². The average molecular weight is 397 g/mol. The van der Waals surface area contributed by atoms with Crippen LogP contribution in [0.4, 0.5) is 0 Å². The fraction of sp³-hybridized carbons (Fsp3) is 0.409. The van der Waals surface area contributed by atoms with Crippen molar-refractivity contribution in [3.63, 3.8) is 0 Å². The van der Waals surface area contributed by atoms with Crippen LogP contribution in [0.5, 0.6) is 5.75 Å². The van der Waals surface area contributed by atoms with E-state index in [0.717, 1.165) is 53.4 Å². The molecule has 28 heavy (non-hydrogen) atoms. The number of hydrogen-bond acceptors (Lipinski definition) is 5. The zero-order valence-corrected chi connectivity index (χ0v) is 17.2. The fourth-order valence-electron chi connectivity index (χ4n) is 3.95. The molecule has 3 aromatic rings. The van der Waals surface area contributed by atoms with Gasteiger partial charge in [0.2, 0.25) is 0 Å². The first-order valence-corrected chi connectivity index (χ1v) is 10.4. The van der Waals surface area contributed by atoms with Crippen molar-refractivity contribution in [3.8, 4) is 16.9 Å². The Balaban J connectivity index is 1.50. The summed E-state index contributed by atoms with van der Waals surface area (Å²) in [4.78, 5) is 10.2. The number of hydrogen-bond donors (Lipinski definition) is 3. The number of pyridine rings is 1. The van der Waals surface area contributed by atoms with Gasteiger partial charge in [-0.1, -0.05) is 37.1 Å². The Labute approximate surface area is 172 Å². The largest absolute Gasteiger partial charge is 0.493 e. The van der Waals surface area contributed by atoms with Crippen molar-refractivity contribution in [2.45, 2.75) is 25.8 Å². The molecule has 0 bridgehead atoms. The van der Waals surface area contributed by atoms with Gasteiger partial charge in [0.05, 0.1) is 12.0 Å². The molecule has 1 fully saturated rings. The summed E-state index contributed by atoms with van der Waals surface area (Å²) in [6.07, 6.45) is 7.49. The van der Waals surface area contributed by atoms with E-state index < -0.39 is 0 Å². The van der Waals surface area contributed by atoms with Crippen molar-refractivity contribution in [2.75, 3.05) is 26.7 Å². The first-order valence-electron chi connectivity index (χ1n) is 9.98. The first-order chi connectivity index (χ1) is 13.7. The third-order valence-electron chi connectivity index (χ3n) is 5.71. The molecule has 4 rings (SSSR count). The second-order valence-electron chi connectivity index (χ2n) is 7.65. The number of benzene rings is 1. The zero-order valence-electron chi connectivity index (χ0n) is 16.3. The van der Waals surface area contributed by atoms with E-state index >= 15 is 0 Å². The predicted molar refractivity (Wildman–Crippen MR) is 118 cm³/mol. The molecule has 0 spiro atoms. The molecule has 1 aliphatic rings. The molecule has 5 nitrogen and oxygen atoms in total. The van der Waals surface area contributed by atoms with E-state index in [0.29, 0.717) is 0 Å². The Kier molecular flexibility index (Phi) is 6.20. The molecule has 1 aromatic carbocycles. The molecule has 6 heteroatoms. The summed E-state index contributed by atoms with van der Waals surface area (Å²) >= 11 is 4.07. The van der Waals surface area contributed by atoms with Crippen LogP contribution >= 0.6 is 12.8 Å². The SMILES string of the molecule is CN1CCC(CCOc2ccnc3[nH]cc(-c4ccc(CNS)cc4)c23)CC1. The highest BCUT2D eigenvalue weighted by Crippen LogP contribution is 2.34. The van der Waals surface area contributed by atoms with Crippen molar-refractivity contribution in [3.05, 3.63) is 48.3 Å². The number of ether oxygens (including phenoxy) is 1. The van der Waals surface area contributed by atoms with Crippen LogP contribution < -0.4 is 9.46 Å². The number of thiol groups is 1. The molecular weight excluding hydrogens is 368 g/mol. The van der Waals surface area contributed by atoms with E-state index in [1.807, 2.05) is 18.5 Å². The van der Waals surface area contributed by atoms with Crippen LogP contribution in [0.2, 0.25) is 0 Å². The third kappa shape index (κ3) is 4.35. The second kappa shape index (κ2) is 8.99. The number of fused-ring (bicyclic) bond motifs is 1. The predicted octanol–water partition coefficient (Wildman–Crippen LogP) is 4.28. The summed E-state index contributed by atoms with van der Waals surface area (Å²) in [6.45, 7) is 3.89. The van der Waals surface area contributed by atoms with Gasteiger partial charge in [0.1, 0.15) is 11.4 Å². The number of nitrogens with one attached hydrogen (secondary N) is 2. The van der Waals surface area contributed by atoms with Gasteiger partial charge in [-0.05, 0) is 62.5 Å². The van der Waals surface area contributed by atoms with Gasteiger partial charge in [-0.3, -0.25) is 4.72 Å². The number of nitrogens with zero attached hydrogens (tertiary/aromatic N) is 2. The van der Waals surface area contributed by atoms with Crippen molar-refractivity contribution in [1.29, 1.82) is 0 Å². The van der Waals surface area contributed by atoms with Crippen LogP contribution in [0.3, 0.4) is 0 Å². The molecule has 0 unspecified atom stereocenters. The minimum absolute atomic E-state index is 0.740. The molecule has 1 saturated heterocycles. The molecule has 0 aliphatic carbocycles. The minimum Gasteiger partial charge on any atom is -0.493 e. The smallest absolute Gasteiger partial charge is 0.141 e. The topological polar surface area (TPSA) is 53.2 Å². The molecule has 0 amide bonds. The molecular formula is C22H28N4OS. The molecule has 148 valence electrons. The molecule has 2 aromatic heterocycles. The van der Waals surface area contributed by atoms with Gasteiger partial charge in [-0.15, -0.1) is 0 Å². The van der Waals surface area contributed by atoms with Gasteiger partial charge in [0.25, 0.3) is 0 Å². The Bertz CT molecular complexity index is 901. The maximum Gasteiger partial charge on any atom is 0.141 e. The summed E-state index contributed by atoms with van der Waals surface area (Å²) < 4.78 is 9.12. The number of rotatable bonds is 7. The zero-order chi connectivity index (χ0) is 19.3. The maximum absolute atomic E-state index is 6.24. The lowest BCUT2D eigenvalue weighted by Gasteiger charge is -2.28. The van der Waals surface area contributed by atoms with E-state index in [1.165, 1.54) is 31.5 Å².